The van der Waals surface area contributed by atoms with Crippen molar-refractivity contribution in [3.8, 4) is 5.88 Å². The van der Waals surface area contributed by atoms with Crippen molar-refractivity contribution in [2.45, 2.75) is 31.7 Å². The smallest absolute Gasteiger partial charge is 0.328 e. The summed E-state index contributed by atoms with van der Waals surface area (Å²) in [6.07, 6.45) is 8.69. The molecule has 2 aliphatic heterocycles. The Labute approximate surface area is 201 Å². The van der Waals surface area contributed by atoms with Gasteiger partial charge >= 0.3 is 6.03 Å². The Morgan fingerprint density at radius 1 is 1.29 bits per heavy atom. The molecular formula is C23H28N8O4. The lowest BCUT2D eigenvalue weighted by atomic mass is 10.1. The Morgan fingerprint density at radius 2 is 2.09 bits per heavy atom. The van der Waals surface area contributed by atoms with Crippen LogP contribution < -0.4 is 25.2 Å². The van der Waals surface area contributed by atoms with Crippen molar-refractivity contribution >= 4 is 35.5 Å². The third-order valence-corrected chi connectivity index (χ3v) is 6.62. The van der Waals surface area contributed by atoms with Gasteiger partial charge in [0.05, 0.1) is 19.0 Å². The summed E-state index contributed by atoms with van der Waals surface area (Å²) in [5.74, 6) is 1.50. The van der Waals surface area contributed by atoms with Gasteiger partial charge in [0.15, 0.2) is 5.82 Å². The van der Waals surface area contributed by atoms with Crippen LogP contribution in [0.15, 0.2) is 24.7 Å². The Hall–Kier alpha value is -3.93. The highest BCUT2D eigenvalue weighted by Crippen LogP contribution is 2.41. The number of carboxylic acid groups (broad SMARTS) is 1. The number of rotatable bonds is 3. The van der Waals surface area contributed by atoms with Crippen LogP contribution in [0.2, 0.25) is 0 Å². The molecule has 0 radical (unpaired) electrons. The van der Waals surface area contributed by atoms with Gasteiger partial charge in [-0.2, -0.15) is 4.98 Å². The van der Waals surface area contributed by atoms with Crippen LogP contribution in [0.5, 0.6) is 5.88 Å². The maximum Gasteiger partial charge on any atom is 0.328 e. The lowest BCUT2D eigenvalue weighted by Crippen LogP contribution is -2.52. The molecule has 5 heterocycles. The van der Waals surface area contributed by atoms with Crippen molar-refractivity contribution < 1.29 is 19.4 Å². The van der Waals surface area contributed by atoms with E-state index >= 15 is 0 Å². The average Bonchev–Trinajstić information content (AvgIpc) is 3.26. The first-order valence-corrected chi connectivity index (χ1v) is 11.5. The third kappa shape index (κ3) is 4.32. The highest BCUT2D eigenvalue weighted by molar-refractivity contribution is 6.02. The Balaban J connectivity index is 0.000000806. The number of carbonyl (C=O) groups is 2. The number of fused-ring (bicyclic) bond motifs is 2. The van der Waals surface area contributed by atoms with E-state index in [0.29, 0.717) is 29.4 Å². The number of hydrogen-bond donors (Lipinski definition) is 3. The molecule has 35 heavy (non-hydrogen) atoms. The minimum absolute atomic E-state index is 0.250. The molecule has 2 amide bonds. The number of ether oxygens (including phenoxy) is 1. The van der Waals surface area contributed by atoms with Crippen molar-refractivity contribution in [1.29, 1.82) is 0 Å². The van der Waals surface area contributed by atoms with E-state index in [1.807, 2.05) is 23.7 Å². The number of nitrogens with one attached hydrogen (secondary N) is 2. The zero-order valence-corrected chi connectivity index (χ0v) is 19.7. The lowest BCUT2D eigenvalue weighted by molar-refractivity contribution is -0.122. The molecule has 3 aromatic rings. The van der Waals surface area contributed by atoms with Gasteiger partial charge < -0.3 is 20.1 Å². The van der Waals surface area contributed by atoms with Gasteiger partial charge in [0.25, 0.3) is 12.4 Å². The van der Waals surface area contributed by atoms with E-state index in [4.69, 9.17) is 14.6 Å². The molecule has 12 heteroatoms. The molecule has 1 aliphatic carbocycles. The van der Waals surface area contributed by atoms with Gasteiger partial charge in [0, 0.05) is 55.4 Å². The summed E-state index contributed by atoms with van der Waals surface area (Å²) >= 11 is 0. The molecule has 6 rings (SSSR count). The van der Waals surface area contributed by atoms with Gasteiger partial charge in [0.2, 0.25) is 5.65 Å². The summed E-state index contributed by atoms with van der Waals surface area (Å²) in [4.78, 5) is 39.1. The number of imidazole rings is 1. The van der Waals surface area contributed by atoms with Gasteiger partial charge in [-0.15, -0.1) is 0 Å². The van der Waals surface area contributed by atoms with Gasteiger partial charge in [-0.1, -0.05) is 0 Å². The number of aromatic nitrogens is 4. The number of carbonyl (C=O) groups excluding carboxylic acids is 1. The fourth-order valence-corrected chi connectivity index (χ4v) is 4.88. The number of hydrogen-bond acceptors (Lipinski definition) is 8. The van der Waals surface area contributed by atoms with Gasteiger partial charge in [0.1, 0.15) is 5.82 Å². The lowest BCUT2D eigenvalue weighted by Gasteiger charge is -2.36. The predicted molar refractivity (Wildman–Crippen MR) is 129 cm³/mol. The number of nitrogens with zero attached hydrogens (tertiary/aromatic N) is 6. The van der Waals surface area contributed by atoms with Crippen molar-refractivity contribution in [3.63, 3.8) is 0 Å². The standard InChI is InChI=1S/C22H26N8O2.CH2O2/c1-14-11-29-12-17(26-20(32-2)19(29)25-14)27-21(31)30-9-4-15-16(3-7-23-18(15)30)28-10-8-24-22(13-28)5-6-22;2-1-3/h3,7,11-12,24H,4-6,8-10,13H2,1-2H3,(H,27,31);1H,(H,2,3). The first kappa shape index (κ1) is 22.8. The van der Waals surface area contributed by atoms with Crippen molar-refractivity contribution in [1.82, 2.24) is 24.7 Å². The average molecular weight is 481 g/mol. The second-order valence-corrected chi connectivity index (χ2v) is 8.95. The molecule has 3 aromatic heterocycles. The second kappa shape index (κ2) is 9.02. The molecule has 0 aromatic carbocycles. The molecule has 0 unspecified atom stereocenters. The number of urea groups is 1. The summed E-state index contributed by atoms with van der Waals surface area (Å²) in [7, 11) is 1.54. The van der Waals surface area contributed by atoms with Crippen LogP contribution in [0.25, 0.3) is 5.65 Å². The molecule has 0 bridgehead atoms. The highest BCUT2D eigenvalue weighted by atomic mass is 16.5. The first-order chi connectivity index (χ1) is 17.0. The molecule has 3 N–H and O–H groups in total. The number of amides is 2. The van der Waals surface area contributed by atoms with Crippen LogP contribution in [0, 0.1) is 6.92 Å². The maximum absolute atomic E-state index is 13.2. The van der Waals surface area contributed by atoms with Crippen molar-refractivity contribution in [2.24, 2.45) is 0 Å². The second-order valence-electron chi connectivity index (χ2n) is 8.95. The van der Waals surface area contributed by atoms with Crippen LogP contribution in [0.1, 0.15) is 24.1 Å². The van der Waals surface area contributed by atoms with E-state index in [1.54, 1.807) is 18.2 Å². The predicted octanol–water partition coefficient (Wildman–Crippen LogP) is 1.68. The summed E-state index contributed by atoms with van der Waals surface area (Å²) in [6, 6.07) is 1.83. The van der Waals surface area contributed by atoms with E-state index in [1.165, 1.54) is 18.5 Å². The number of aryl methyl sites for hydroxylation is 1. The number of methoxy groups -OCH3 is 1. The van der Waals surface area contributed by atoms with Gasteiger partial charge in [-0.3, -0.25) is 19.4 Å². The molecule has 12 nitrogen and oxygen atoms in total. The third-order valence-electron chi connectivity index (χ3n) is 6.62. The van der Waals surface area contributed by atoms with Crippen LogP contribution in [0.3, 0.4) is 0 Å². The number of pyridine rings is 1. The molecule has 0 atom stereocenters. The summed E-state index contributed by atoms with van der Waals surface area (Å²) < 4.78 is 7.18. The zero-order chi connectivity index (χ0) is 24.6. The monoisotopic (exact) mass is 480 g/mol. The van der Waals surface area contributed by atoms with Crippen LogP contribution in [-0.4, -0.2) is 75.8 Å². The van der Waals surface area contributed by atoms with E-state index < -0.39 is 0 Å². The molecule has 184 valence electrons. The van der Waals surface area contributed by atoms with Crippen molar-refractivity contribution in [2.75, 3.05) is 48.4 Å². The van der Waals surface area contributed by atoms with Crippen molar-refractivity contribution in [3.05, 3.63) is 35.9 Å². The topological polar surface area (TPSA) is 137 Å². The Bertz CT molecular complexity index is 1270. The van der Waals surface area contributed by atoms with Crippen LogP contribution in [0.4, 0.5) is 22.1 Å². The highest BCUT2D eigenvalue weighted by Gasteiger charge is 2.46. The zero-order valence-electron chi connectivity index (χ0n) is 19.7. The molecule has 1 spiro atoms. The van der Waals surface area contributed by atoms with Gasteiger partial charge in [-0.25, -0.2) is 14.8 Å². The fourth-order valence-electron chi connectivity index (χ4n) is 4.88. The summed E-state index contributed by atoms with van der Waals surface area (Å²) in [5, 5.41) is 13.5. The molecule has 1 saturated carbocycles. The van der Waals surface area contributed by atoms with E-state index in [0.717, 1.165) is 43.1 Å². The van der Waals surface area contributed by atoms with E-state index in [2.05, 4.69) is 36.6 Å². The normalized spacial score (nSPS) is 17.5. The Morgan fingerprint density at radius 3 is 2.83 bits per heavy atom. The molecule has 3 aliphatic rings. The fraction of sp³-hybridized carbons (Fsp3) is 0.435. The van der Waals surface area contributed by atoms with Crippen LogP contribution >= 0.6 is 0 Å². The Kier molecular flexibility index (Phi) is 5.89. The minimum atomic E-state index is -0.252. The van der Waals surface area contributed by atoms with Crippen LogP contribution in [-0.2, 0) is 11.2 Å². The van der Waals surface area contributed by atoms with E-state index in [9.17, 15) is 4.79 Å². The van der Waals surface area contributed by atoms with Gasteiger partial charge in [-0.05, 0) is 32.3 Å². The maximum atomic E-state index is 13.2. The minimum Gasteiger partial charge on any atom is -0.483 e. The summed E-state index contributed by atoms with van der Waals surface area (Å²) in [6.45, 7) is 5.22. The molecule has 2 fully saturated rings. The number of anilines is 3. The largest absolute Gasteiger partial charge is 0.483 e. The first-order valence-electron chi connectivity index (χ1n) is 11.5. The quantitative estimate of drug-likeness (QED) is 0.478. The SMILES string of the molecule is COc1nc(NC(=O)N2CCc3c(N4CCNC5(CC5)C4)ccnc32)cn2cc(C)nc12.O=CO. The van der Waals surface area contributed by atoms with E-state index in [-0.39, 0.29) is 12.5 Å². The molecular weight excluding hydrogens is 452 g/mol. The number of piperazine rings is 1. The molecule has 1 saturated heterocycles. The summed E-state index contributed by atoms with van der Waals surface area (Å²) in [5.41, 5.74) is 4.10.